The van der Waals surface area contributed by atoms with Gasteiger partial charge in [-0.3, -0.25) is 0 Å². The maximum absolute atomic E-state index is 9.35. The summed E-state index contributed by atoms with van der Waals surface area (Å²) in [4.78, 5) is 0. The molecule has 0 heterocycles. The smallest absolute Gasteiger partial charge is 0.102 e. The van der Waals surface area contributed by atoms with E-state index in [1.54, 1.807) is 0 Å². The van der Waals surface area contributed by atoms with Crippen LogP contribution in [0, 0.1) is 0 Å². The summed E-state index contributed by atoms with van der Waals surface area (Å²) >= 11 is 0. The highest BCUT2D eigenvalue weighted by Crippen LogP contribution is 2.06. The summed E-state index contributed by atoms with van der Waals surface area (Å²) in [5.74, 6) is 0.204. The van der Waals surface area contributed by atoms with Gasteiger partial charge in [0.1, 0.15) is 5.76 Å². The fraction of sp³-hybridized carbons (Fsp3) is 0.333. The van der Waals surface area contributed by atoms with E-state index in [1.807, 2.05) is 37.3 Å². The lowest BCUT2D eigenvalue weighted by Gasteiger charge is -2.16. The molecule has 1 unspecified atom stereocenters. The number of aliphatic hydroxyl groups excluding tert-OH is 1. The average Bonchev–Trinajstić information content (AvgIpc) is 2.18. The van der Waals surface area contributed by atoms with Crippen molar-refractivity contribution in [1.29, 1.82) is 0 Å². The Morgan fingerprint density at radius 2 is 2.07 bits per heavy atom. The Kier molecular flexibility index (Phi) is 4.20. The van der Waals surface area contributed by atoms with Gasteiger partial charge in [-0.1, -0.05) is 43.8 Å². The van der Waals surface area contributed by atoms with E-state index in [0.717, 1.165) is 13.0 Å². The van der Waals surface area contributed by atoms with E-state index in [1.165, 1.54) is 5.56 Å². The largest absolute Gasteiger partial charge is 0.511 e. The van der Waals surface area contributed by atoms with Crippen LogP contribution in [0.1, 0.15) is 12.5 Å². The SMILES string of the molecule is C=C(O)C(Cc1ccccc1)NCC. The van der Waals surface area contributed by atoms with Crippen LogP contribution in [0.25, 0.3) is 0 Å². The van der Waals surface area contributed by atoms with Gasteiger partial charge < -0.3 is 10.4 Å². The minimum Gasteiger partial charge on any atom is -0.511 e. The number of benzene rings is 1. The Labute approximate surface area is 85.3 Å². The van der Waals surface area contributed by atoms with Crippen molar-refractivity contribution in [1.82, 2.24) is 5.32 Å². The summed E-state index contributed by atoms with van der Waals surface area (Å²) in [6, 6.07) is 10.0. The molecule has 1 aromatic carbocycles. The van der Waals surface area contributed by atoms with Crippen LogP contribution in [-0.2, 0) is 6.42 Å². The predicted molar refractivity (Wildman–Crippen MR) is 59.4 cm³/mol. The van der Waals surface area contributed by atoms with Crippen LogP contribution in [0.15, 0.2) is 42.7 Å². The van der Waals surface area contributed by atoms with Crippen molar-refractivity contribution in [3.8, 4) is 0 Å². The molecule has 0 spiro atoms. The fourth-order valence-corrected chi connectivity index (χ4v) is 1.40. The molecule has 2 N–H and O–H groups in total. The van der Waals surface area contributed by atoms with Crippen LogP contribution in [0.4, 0.5) is 0 Å². The first-order valence-corrected chi connectivity index (χ1v) is 4.89. The molecule has 0 aliphatic rings. The van der Waals surface area contributed by atoms with E-state index in [-0.39, 0.29) is 11.8 Å². The quantitative estimate of drug-likeness (QED) is 0.700. The van der Waals surface area contributed by atoms with Crippen LogP contribution in [-0.4, -0.2) is 17.7 Å². The maximum atomic E-state index is 9.35. The average molecular weight is 191 g/mol. The van der Waals surface area contributed by atoms with Gasteiger partial charge in [0.25, 0.3) is 0 Å². The standard InChI is InChI=1S/C12H17NO/c1-3-13-12(10(2)14)9-11-7-5-4-6-8-11/h4-8,12-14H,2-3,9H2,1H3. The molecule has 0 radical (unpaired) electrons. The molecule has 0 fully saturated rings. The number of aliphatic hydroxyl groups is 1. The molecule has 14 heavy (non-hydrogen) atoms. The summed E-state index contributed by atoms with van der Waals surface area (Å²) in [5.41, 5.74) is 1.20. The molecule has 1 aromatic rings. The van der Waals surface area contributed by atoms with E-state index >= 15 is 0 Å². The van der Waals surface area contributed by atoms with Gasteiger partial charge in [-0.25, -0.2) is 0 Å². The summed E-state index contributed by atoms with van der Waals surface area (Å²) in [6.45, 7) is 6.41. The Hall–Kier alpha value is -1.28. The van der Waals surface area contributed by atoms with Crippen molar-refractivity contribution < 1.29 is 5.11 Å². The lowest BCUT2D eigenvalue weighted by molar-refractivity contribution is 0.343. The molecule has 0 saturated heterocycles. The molecule has 0 amide bonds. The minimum absolute atomic E-state index is 0.0394. The molecular formula is C12H17NO. The number of nitrogens with one attached hydrogen (secondary N) is 1. The first-order chi connectivity index (χ1) is 6.74. The third kappa shape index (κ3) is 3.23. The first-order valence-electron chi connectivity index (χ1n) is 4.89. The predicted octanol–water partition coefficient (Wildman–Crippen LogP) is 2.28. The van der Waals surface area contributed by atoms with Gasteiger partial charge in [-0.05, 0) is 18.5 Å². The van der Waals surface area contributed by atoms with Gasteiger partial charge in [0, 0.05) is 0 Å². The monoisotopic (exact) mass is 191 g/mol. The van der Waals surface area contributed by atoms with E-state index in [9.17, 15) is 5.11 Å². The van der Waals surface area contributed by atoms with Crippen molar-refractivity contribution in [2.75, 3.05) is 6.54 Å². The Morgan fingerprint density at radius 3 is 2.57 bits per heavy atom. The Balaban J connectivity index is 2.60. The summed E-state index contributed by atoms with van der Waals surface area (Å²) in [5, 5.41) is 12.5. The Morgan fingerprint density at radius 1 is 1.43 bits per heavy atom. The topological polar surface area (TPSA) is 32.3 Å². The molecule has 0 aliphatic heterocycles. The van der Waals surface area contributed by atoms with Crippen LogP contribution in [0.5, 0.6) is 0 Å². The number of rotatable bonds is 5. The molecule has 76 valence electrons. The highest BCUT2D eigenvalue weighted by Gasteiger charge is 2.10. The first kappa shape index (κ1) is 10.8. The number of likely N-dealkylation sites (N-methyl/N-ethyl adjacent to an activating group) is 1. The molecule has 0 aliphatic carbocycles. The molecule has 0 bridgehead atoms. The van der Waals surface area contributed by atoms with E-state index in [0.29, 0.717) is 0 Å². The maximum Gasteiger partial charge on any atom is 0.102 e. The lowest BCUT2D eigenvalue weighted by Crippen LogP contribution is -2.32. The Bertz CT molecular complexity index is 282. The van der Waals surface area contributed by atoms with E-state index in [4.69, 9.17) is 0 Å². The number of hydrogen-bond donors (Lipinski definition) is 2. The van der Waals surface area contributed by atoms with Crippen LogP contribution in [0.3, 0.4) is 0 Å². The summed E-state index contributed by atoms with van der Waals surface area (Å²) < 4.78 is 0. The van der Waals surface area contributed by atoms with Crippen molar-refractivity contribution in [3.63, 3.8) is 0 Å². The third-order valence-electron chi connectivity index (χ3n) is 2.14. The zero-order valence-corrected chi connectivity index (χ0v) is 8.53. The molecule has 0 saturated carbocycles. The molecule has 1 atom stereocenters. The lowest BCUT2D eigenvalue weighted by atomic mass is 10.1. The van der Waals surface area contributed by atoms with Gasteiger partial charge >= 0.3 is 0 Å². The number of hydrogen-bond acceptors (Lipinski definition) is 2. The second-order valence-corrected chi connectivity index (χ2v) is 3.29. The third-order valence-corrected chi connectivity index (χ3v) is 2.14. The highest BCUT2D eigenvalue weighted by molar-refractivity contribution is 5.18. The molecule has 2 heteroatoms. The molecular weight excluding hydrogens is 174 g/mol. The van der Waals surface area contributed by atoms with E-state index in [2.05, 4.69) is 11.9 Å². The van der Waals surface area contributed by atoms with E-state index < -0.39 is 0 Å². The summed E-state index contributed by atoms with van der Waals surface area (Å²) in [6.07, 6.45) is 0.782. The highest BCUT2D eigenvalue weighted by atomic mass is 16.3. The van der Waals surface area contributed by atoms with Crippen molar-refractivity contribution in [2.24, 2.45) is 0 Å². The summed E-state index contributed by atoms with van der Waals surface area (Å²) in [7, 11) is 0. The van der Waals surface area contributed by atoms with Gasteiger partial charge in [0.2, 0.25) is 0 Å². The van der Waals surface area contributed by atoms with Crippen molar-refractivity contribution in [2.45, 2.75) is 19.4 Å². The van der Waals surface area contributed by atoms with Crippen LogP contribution >= 0.6 is 0 Å². The zero-order chi connectivity index (χ0) is 10.4. The molecule has 2 nitrogen and oxygen atoms in total. The van der Waals surface area contributed by atoms with Gasteiger partial charge in [0.05, 0.1) is 6.04 Å². The van der Waals surface area contributed by atoms with Crippen molar-refractivity contribution >= 4 is 0 Å². The van der Waals surface area contributed by atoms with Gasteiger partial charge in [-0.15, -0.1) is 0 Å². The van der Waals surface area contributed by atoms with Crippen LogP contribution < -0.4 is 5.32 Å². The van der Waals surface area contributed by atoms with Crippen LogP contribution in [0.2, 0.25) is 0 Å². The van der Waals surface area contributed by atoms with Gasteiger partial charge in [-0.2, -0.15) is 0 Å². The molecule has 1 rings (SSSR count). The second-order valence-electron chi connectivity index (χ2n) is 3.29. The molecule has 0 aromatic heterocycles. The zero-order valence-electron chi connectivity index (χ0n) is 8.53. The second kappa shape index (κ2) is 5.45. The normalized spacial score (nSPS) is 12.4. The minimum atomic E-state index is -0.0394. The van der Waals surface area contributed by atoms with Crippen molar-refractivity contribution in [3.05, 3.63) is 48.2 Å². The van der Waals surface area contributed by atoms with Gasteiger partial charge in [0.15, 0.2) is 0 Å². The fourth-order valence-electron chi connectivity index (χ4n) is 1.40.